The molecule has 2 aromatic heterocycles. The highest BCUT2D eigenvalue weighted by atomic mass is 19.1. The summed E-state index contributed by atoms with van der Waals surface area (Å²) in [6, 6.07) is 5.13. The van der Waals surface area contributed by atoms with E-state index in [9.17, 15) is 14.0 Å². The number of aromatic nitrogens is 2. The molecule has 0 aliphatic carbocycles. The molecule has 5 heterocycles. The summed E-state index contributed by atoms with van der Waals surface area (Å²) < 4.78 is 26.9. The summed E-state index contributed by atoms with van der Waals surface area (Å²) in [5, 5.41) is 0.934. The average Bonchev–Trinajstić information content (AvgIpc) is 3.06. The molecule has 1 fully saturated rings. The molecule has 0 spiro atoms. The molecule has 0 N–H and O–H groups in total. The van der Waals surface area contributed by atoms with Crippen LogP contribution in [-0.4, -0.2) is 40.1 Å². The van der Waals surface area contributed by atoms with Gasteiger partial charge in [-0.3, -0.25) is 9.69 Å². The number of hydrogen-bond donors (Lipinski definition) is 0. The molecule has 7 nitrogen and oxygen atoms in total. The van der Waals surface area contributed by atoms with Gasteiger partial charge in [-0.05, 0) is 56.0 Å². The molecule has 8 heteroatoms. The Labute approximate surface area is 196 Å². The highest BCUT2D eigenvalue weighted by Gasteiger charge is 2.31. The predicted molar refractivity (Wildman–Crippen MR) is 124 cm³/mol. The highest BCUT2D eigenvalue weighted by molar-refractivity contribution is 5.88. The number of likely N-dealkylation sites (tertiary alicyclic amines) is 1. The Bertz CT molecular complexity index is 1410. The van der Waals surface area contributed by atoms with Gasteiger partial charge in [-0.15, -0.1) is 0 Å². The van der Waals surface area contributed by atoms with E-state index in [1.807, 2.05) is 6.07 Å². The second-order valence-electron chi connectivity index (χ2n) is 9.71. The maximum atomic E-state index is 14.5. The summed E-state index contributed by atoms with van der Waals surface area (Å²) in [5.74, 6) is 0.265. The Morgan fingerprint density at radius 1 is 1.09 bits per heavy atom. The van der Waals surface area contributed by atoms with Gasteiger partial charge in [0.1, 0.15) is 18.2 Å². The number of esters is 1. The van der Waals surface area contributed by atoms with E-state index >= 15 is 0 Å². The van der Waals surface area contributed by atoms with Crippen LogP contribution in [0.2, 0.25) is 0 Å². The fourth-order valence-corrected chi connectivity index (χ4v) is 5.28. The second kappa shape index (κ2) is 7.91. The monoisotopic (exact) mass is 463 g/mol. The van der Waals surface area contributed by atoms with Crippen LogP contribution in [0.25, 0.3) is 22.3 Å². The number of rotatable bonds is 2. The maximum absolute atomic E-state index is 14.5. The number of fused-ring (bicyclic) bond motifs is 5. The van der Waals surface area contributed by atoms with Crippen LogP contribution in [0.1, 0.15) is 42.0 Å². The molecule has 0 atom stereocenters. The van der Waals surface area contributed by atoms with Gasteiger partial charge >= 0.3 is 5.97 Å². The van der Waals surface area contributed by atoms with Gasteiger partial charge in [-0.2, -0.15) is 0 Å². The van der Waals surface area contributed by atoms with Crippen molar-refractivity contribution in [3.63, 3.8) is 0 Å². The van der Waals surface area contributed by atoms with Crippen LogP contribution in [-0.2, 0) is 29.2 Å². The zero-order chi connectivity index (χ0) is 23.6. The first-order valence-corrected chi connectivity index (χ1v) is 11.8. The number of pyridine rings is 2. The van der Waals surface area contributed by atoms with Gasteiger partial charge in [0.05, 0.1) is 29.0 Å². The van der Waals surface area contributed by atoms with Crippen LogP contribution in [0, 0.1) is 18.7 Å². The number of halogens is 1. The molecule has 3 aliphatic rings. The quantitative estimate of drug-likeness (QED) is 0.424. The summed E-state index contributed by atoms with van der Waals surface area (Å²) in [6.07, 6.45) is 2.31. The van der Waals surface area contributed by atoms with Crippen molar-refractivity contribution in [3.8, 4) is 17.1 Å². The van der Waals surface area contributed by atoms with Gasteiger partial charge in [0.15, 0.2) is 6.61 Å². The number of aryl methyl sites for hydroxylation is 1. The van der Waals surface area contributed by atoms with Crippen molar-refractivity contribution in [2.45, 2.75) is 46.4 Å². The minimum absolute atomic E-state index is 0.109. The highest BCUT2D eigenvalue weighted by Crippen LogP contribution is 2.39. The molecule has 0 saturated carbocycles. The lowest BCUT2D eigenvalue weighted by Crippen LogP contribution is -2.32. The standard InChI is InChI=1S/C26H26FN3O4/c1-14-3-5-29(6-4-14)10-17-16-7-15(2)20(27)8-21(16)28-25-18(17)11-30-22(25)9-23-19(26(30)32)12-34-24(31)13-33-23/h7-9,14H,3-6,10-13H2,1-2H3. The summed E-state index contributed by atoms with van der Waals surface area (Å²) >= 11 is 0. The Balaban J connectivity index is 1.53. The minimum atomic E-state index is -0.505. The summed E-state index contributed by atoms with van der Waals surface area (Å²) in [7, 11) is 0. The summed E-state index contributed by atoms with van der Waals surface area (Å²) in [5.41, 5.74) is 4.65. The molecule has 0 bridgehead atoms. The molecule has 34 heavy (non-hydrogen) atoms. The van der Waals surface area contributed by atoms with Gasteiger partial charge in [0, 0.05) is 29.6 Å². The van der Waals surface area contributed by atoms with Crippen LogP contribution < -0.4 is 10.3 Å². The third kappa shape index (κ3) is 3.39. The molecule has 6 rings (SSSR count). The third-order valence-electron chi connectivity index (χ3n) is 7.38. The van der Waals surface area contributed by atoms with Crippen molar-refractivity contribution in [3.05, 3.63) is 56.6 Å². The van der Waals surface area contributed by atoms with Gasteiger partial charge in [-0.25, -0.2) is 14.2 Å². The van der Waals surface area contributed by atoms with Crippen molar-refractivity contribution in [1.29, 1.82) is 0 Å². The third-order valence-corrected chi connectivity index (χ3v) is 7.38. The summed E-state index contributed by atoms with van der Waals surface area (Å²) in [4.78, 5) is 32.3. The molecule has 0 unspecified atom stereocenters. The van der Waals surface area contributed by atoms with Crippen molar-refractivity contribution >= 4 is 16.9 Å². The van der Waals surface area contributed by atoms with E-state index in [4.69, 9.17) is 14.5 Å². The fraction of sp³-hybridized carbons (Fsp3) is 0.423. The van der Waals surface area contributed by atoms with E-state index in [0.717, 1.165) is 54.9 Å². The van der Waals surface area contributed by atoms with Crippen molar-refractivity contribution in [2.24, 2.45) is 5.92 Å². The topological polar surface area (TPSA) is 73.7 Å². The molecule has 0 amide bonds. The lowest BCUT2D eigenvalue weighted by molar-refractivity contribution is -0.146. The molecule has 0 radical (unpaired) electrons. The number of carbonyl (C=O) groups excluding carboxylic acids is 1. The molecule has 3 aliphatic heterocycles. The van der Waals surface area contributed by atoms with Crippen molar-refractivity contribution in [1.82, 2.24) is 14.5 Å². The number of piperidine rings is 1. The Morgan fingerprint density at radius 2 is 1.88 bits per heavy atom. The number of benzene rings is 1. The van der Waals surface area contributed by atoms with Gasteiger partial charge < -0.3 is 14.0 Å². The lowest BCUT2D eigenvalue weighted by atomic mass is 9.95. The fourth-order valence-electron chi connectivity index (χ4n) is 5.28. The number of carbonyl (C=O) groups is 1. The first-order valence-electron chi connectivity index (χ1n) is 11.8. The predicted octanol–water partition coefficient (Wildman–Crippen LogP) is 3.54. The number of nitrogens with zero attached hydrogens (tertiary/aromatic N) is 3. The molecular formula is C26H26FN3O4. The number of ether oxygens (including phenoxy) is 2. The van der Waals surface area contributed by atoms with E-state index in [0.29, 0.717) is 40.3 Å². The normalized spacial score (nSPS) is 18.1. The molecule has 1 saturated heterocycles. The van der Waals surface area contributed by atoms with E-state index in [1.54, 1.807) is 17.6 Å². The van der Waals surface area contributed by atoms with Gasteiger partial charge in [0.25, 0.3) is 5.56 Å². The number of cyclic esters (lactones) is 1. The largest absolute Gasteiger partial charge is 0.481 e. The van der Waals surface area contributed by atoms with Crippen LogP contribution in [0.3, 0.4) is 0 Å². The second-order valence-corrected chi connectivity index (χ2v) is 9.71. The number of hydrogen-bond acceptors (Lipinski definition) is 6. The van der Waals surface area contributed by atoms with Gasteiger partial charge in [0.2, 0.25) is 0 Å². The van der Waals surface area contributed by atoms with Gasteiger partial charge in [-0.1, -0.05) is 6.92 Å². The zero-order valence-electron chi connectivity index (χ0n) is 19.3. The Morgan fingerprint density at radius 3 is 2.68 bits per heavy atom. The molecule has 176 valence electrons. The SMILES string of the molecule is Cc1cc2c(CN3CCC(C)CC3)c3c(nc2cc1F)-c1cc2c(c(=O)n1C3)COC(=O)CO2. The smallest absolute Gasteiger partial charge is 0.344 e. The Kier molecular flexibility index (Phi) is 4.95. The van der Waals surface area contributed by atoms with Crippen LogP contribution in [0.4, 0.5) is 4.39 Å². The van der Waals surface area contributed by atoms with E-state index in [2.05, 4.69) is 11.8 Å². The van der Waals surface area contributed by atoms with Crippen molar-refractivity contribution in [2.75, 3.05) is 19.7 Å². The zero-order valence-corrected chi connectivity index (χ0v) is 19.3. The lowest BCUT2D eigenvalue weighted by Gasteiger charge is -2.31. The molecule has 3 aromatic rings. The maximum Gasteiger partial charge on any atom is 0.344 e. The molecular weight excluding hydrogens is 437 g/mol. The van der Waals surface area contributed by atoms with E-state index < -0.39 is 5.97 Å². The van der Waals surface area contributed by atoms with Crippen LogP contribution in [0.15, 0.2) is 23.0 Å². The minimum Gasteiger partial charge on any atom is -0.481 e. The molecule has 1 aromatic carbocycles. The first kappa shape index (κ1) is 21.3. The van der Waals surface area contributed by atoms with Crippen LogP contribution in [0.5, 0.6) is 5.75 Å². The van der Waals surface area contributed by atoms with E-state index in [-0.39, 0.29) is 24.6 Å². The average molecular weight is 464 g/mol. The Hall–Kier alpha value is -3.26. The summed E-state index contributed by atoms with van der Waals surface area (Å²) in [6.45, 7) is 6.85. The van der Waals surface area contributed by atoms with Crippen LogP contribution >= 0.6 is 0 Å². The first-order chi connectivity index (χ1) is 16.4. The van der Waals surface area contributed by atoms with Crippen molar-refractivity contribution < 1.29 is 18.7 Å². The van der Waals surface area contributed by atoms with E-state index in [1.165, 1.54) is 6.07 Å².